The Kier molecular flexibility index (Phi) is 4.85. The molecule has 1 saturated heterocycles. The predicted molar refractivity (Wildman–Crippen MR) is 84.1 cm³/mol. The lowest BCUT2D eigenvalue weighted by Crippen LogP contribution is -2.41. The Hall–Kier alpha value is -1.44. The average Bonchev–Trinajstić information content (AvgIpc) is 2.64. The van der Waals surface area contributed by atoms with E-state index < -0.39 is 30.0 Å². The first-order valence-electron chi connectivity index (χ1n) is 7.31. The number of benzene rings is 1. The van der Waals surface area contributed by atoms with Crippen LogP contribution in [0.5, 0.6) is 5.75 Å². The van der Waals surface area contributed by atoms with Crippen LogP contribution in [-0.2, 0) is 9.31 Å². The van der Waals surface area contributed by atoms with E-state index in [0.717, 1.165) is 12.1 Å². The summed E-state index contributed by atoms with van der Waals surface area (Å²) in [7, 11) is 0.488. The maximum atomic E-state index is 13.8. The van der Waals surface area contributed by atoms with Gasteiger partial charge in [-0.3, -0.25) is 0 Å². The third-order valence-corrected chi connectivity index (χ3v) is 4.32. The number of methoxy groups -OCH3 is 1. The fourth-order valence-corrected chi connectivity index (χ4v) is 2.29. The number of aliphatic hydroxyl groups excluding tert-OH is 1. The number of rotatable bonds is 4. The Morgan fingerprint density at radius 1 is 1.22 bits per heavy atom. The molecule has 2 rings (SSSR count). The molecule has 1 aromatic carbocycles. The molecule has 0 bridgehead atoms. The summed E-state index contributed by atoms with van der Waals surface area (Å²) < 4.78 is 43.9. The van der Waals surface area contributed by atoms with Gasteiger partial charge < -0.3 is 19.2 Å². The molecule has 0 radical (unpaired) electrons. The van der Waals surface area contributed by atoms with E-state index in [-0.39, 0.29) is 17.9 Å². The molecule has 1 fully saturated rings. The second-order valence-electron chi connectivity index (χ2n) is 6.48. The zero-order valence-electron chi connectivity index (χ0n) is 13.9. The van der Waals surface area contributed by atoms with Crippen molar-refractivity contribution < 1.29 is 27.9 Å². The van der Waals surface area contributed by atoms with Gasteiger partial charge in [-0.1, -0.05) is 6.08 Å². The average molecular weight is 326 g/mol. The summed E-state index contributed by atoms with van der Waals surface area (Å²) in [5.74, 6) is -1.65. The second-order valence-corrected chi connectivity index (χ2v) is 6.48. The summed E-state index contributed by atoms with van der Waals surface area (Å²) in [4.78, 5) is 0. The van der Waals surface area contributed by atoms with Crippen molar-refractivity contribution in [3.63, 3.8) is 0 Å². The highest BCUT2D eigenvalue weighted by Gasteiger charge is 2.52. The van der Waals surface area contributed by atoms with Gasteiger partial charge in [-0.05, 0) is 39.2 Å². The van der Waals surface area contributed by atoms with Crippen LogP contribution in [0.4, 0.5) is 8.78 Å². The SMILES string of the molecule is COc1c(F)cc(F)cc1C=C(CO)B1OC(C)(C)C(C)(C)O1. The van der Waals surface area contributed by atoms with Gasteiger partial charge in [0.05, 0.1) is 24.9 Å². The van der Waals surface area contributed by atoms with Crippen molar-refractivity contribution in [1.82, 2.24) is 0 Å². The van der Waals surface area contributed by atoms with E-state index in [9.17, 15) is 13.9 Å². The molecule has 0 amide bonds. The number of hydrogen-bond donors (Lipinski definition) is 1. The Morgan fingerprint density at radius 2 is 1.78 bits per heavy atom. The quantitative estimate of drug-likeness (QED) is 0.864. The summed E-state index contributed by atoms with van der Waals surface area (Å²) in [6.07, 6.45) is 1.42. The van der Waals surface area contributed by atoms with Crippen LogP contribution >= 0.6 is 0 Å². The number of aliphatic hydroxyl groups is 1. The molecule has 0 saturated carbocycles. The molecule has 0 aromatic heterocycles. The van der Waals surface area contributed by atoms with Crippen LogP contribution in [0.1, 0.15) is 33.3 Å². The van der Waals surface area contributed by atoms with E-state index >= 15 is 0 Å². The summed E-state index contributed by atoms with van der Waals surface area (Å²) in [6, 6.07) is 1.87. The van der Waals surface area contributed by atoms with Crippen LogP contribution in [0, 0.1) is 11.6 Å². The van der Waals surface area contributed by atoms with Gasteiger partial charge in [0.1, 0.15) is 5.82 Å². The zero-order chi connectivity index (χ0) is 17.4. The van der Waals surface area contributed by atoms with Gasteiger partial charge in [0.2, 0.25) is 0 Å². The standard InChI is InChI=1S/C16H21BF2O4/c1-15(2)16(3,4)23-17(22-15)11(9-20)6-10-7-12(18)8-13(19)14(10)21-5/h6-8,20H,9H2,1-5H3. The Morgan fingerprint density at radius 3 is 2.26 bits per heavy atom. The van der Waals surface area contributed by atoms with Gasteiger partial charge >= 0.3 is 7.12 Å². The fraction of sp³-hybridized carbons (Fsp3) is 0.500. The number of hydrogen-bond acceptors (Lipinski definition) is 4. The van der Waals surface area contributed by atoms with E-state index in [4.69, 9.17) is 14.0 Å². The molecule has 0 spiro atoms. The van der Waals surface area contributed by atoms with Crippen molar-refractivity contribution in [3.8, 4) is 5.75 Å². The highest BCUT2D eigenvalue weighted by Crippen LogP contribution is 2.39. The number of halogens is 2. The van der Waals surface area contributed by atoms with Crippen LogP contribution in [0.3, 0.4) is 0 Å². The Balaban J connectivity index is 2.42. The molecular weight excluding hydrogens is 305 g/mol. The normalized spacial score (nSPS) is 20.0. The topological polar surface area (TPSA) is 47.9 Å². The van der Waals surface area contributed by atoms with E-state index in [2.05, 4.69) is 0 Å². The fourth-order valence-electron chi connectivity index (χ4n) is 2.29. The molecule has 1 heterocycles. The van der Waals surface area contributed by atoms with Gasteiger partial charge in [0.25, 0.3) is 0 Å². The van der Waals surface area contributed by atoms with Crippen LogP contribution in [0.2, 0.25) is 0 Å². The molecule has 1 aliphatic heterocycles. The molecule has 126 valence electrons. The largest absolute Gasteiger partial charge is 0.493 e. The lowest BCUT2D eigenvalue weighted by atomic mass is 9.77. The van der Waals surface area contributed by atoms with Crippen molar-refractivity contribution in [2.75, 3.05) is 13.7 Å². The molecule has 7 heteroatoms. The first-order chi connectivity index (χ1) is 10.6. The van der Waals surface area contributed by atoms with Crippen molar-refractivity contribution in [2.45, 2.75) is 38.9 Å². The minimum atomic E-state index is -0.815. The van der Waals surface area contributed by atoms with E-state index in [1.807, 2.05) is 27.7 Å². The first kappa shape index (κ1) is 17.9. The lowest BCUT2D eigenvalue weighted by molar-refractivity contribution is 0.00578. The minimum Gasteiger partial charge on any atom is -0.493 e. The molecule has 0 aliphatic carbocycles. The van der Waals surface area contributed by atoms with Crippen LogP contribution in [0.25, 0.3) is 6.08 Å². The highest BCUT2D eigenvalue weighted by atomic mass is 19.1. The van der Waals surface area contributed by atoms with Gasteiger partial charge in [0.15, 0.2) is 11.6 Å². The third kappa shape index (κ3) is 3.41. The summed E-state index contributed by atoms with van der Waals surface area (Å²) in [5, 5.41) is 9.63. The summed E-state index contributed by atoms with van der Waals surface area (Å²) in [6.45, 7) is 7.14. The minimum absolute atomic E-state index is 0.103. The molecule has 4 nitrogen and oxygen atoms in total. The third-order valence-electron chi connectivity index (χ3n) is 4.32. The molecule has 0 atom stereocenters. The summed E-state index contributed by atoms with van der Waals surface area (Å²) in [5.41, 5.74) is -0.637. The monoisotopic (exact) mass is 326 g/mol. The smallest absolute Gasteiger partial charge is 0.492 e. The van der Waals surface area contributed by atoms with Gasteiger partial charge in [-0.25, -0.2) is 8.78 Å². The van der Waals surface area contributed by atoms with Crippen molar-refractivity contribution in [1.29, 1.82) is 0 Å². The van der Waals surface area contributed by atoms with E-state index in [0.29, 0.717) is 5.47 Å². The first-order valence-corrected chi connectivity index (χ1v) is 7.31. The summed E-state index contributed by atoms with van der Waals surface area (Å²) >= 11 is 0. The van der Waals surface area contributed by atoms with Crippen LogP contribution in [0.15, 0.2) is 17.6 Å². The highest BCUT2D eigenvalue weighted by molar-refractivity contribution is 6.55. The van der Waals surface area contributed by atoms with Crippen LogP contribution < -0.4 is 4.74 Å². The molecule has 1 aromatic rings. The maximum Gasteiger partial charge on any atom is 0.492 e. The van der Waals surface area contributed by atoms with Crippen molar-refractivity contribution in [2.24, 2.45) is 0 Å². The molecular formula is C16H21BF2O4. The molecule has 1 N–H and O–H groups in total. The zero-order valence-corrected chi connectivity index (χ0v) is 13.9. The van der Waals surface area contributed by atoms with Gasteiger partial charge in [-0.15, -0.1) is 0 Å². The van der Waals surface area contributed by atoms with E-state index in [1.54, 1.807) is 0 Å². The lowest BCUT2D eigenvalue weighted by Gasteiger charge is -2.32. The second kappa shape index (κ2) is 6.22. The number of ether oxygens (including phenoxy) is 1. The molecule has 1 aliphatic rings. The van der Waals surface area contributed by atoms with Crippen LogP contribution in [-0.4, -0.2) is 37.1 Å². The Bertz CT molecular complexity index is 613. The Labute approximate surface area is 135 Å². The van der Waals surface area contributed by atoms with Crippen molar-refractivity contribution in [3.05, 3.63) is 34.8 Å². The van der Waals surface area contributed by atoms with Gasteiger partial charge in [0, 0.05) is 11.6 Å². The molecule has 0 unspecified atom stereocenters. The van der Waals surface area contributed by atoms with Gasteiger partial charge in [-0.2, -0.15) is 0 Å². The van der Waals surface area contributed by atoms with Crippen molar-refractivity contribution >= 4 is 13.2 Å². The van der Waals surface area contributed by atoms with E-state index in [1.165, 1.54) is 13.2 Å². The maximum absolute atomic E-state index is 13.8. The predicted octanol–water partition coefficient (Wildman–Crippen LogP) is 2.98. The molecule has 23 heavy (non-hydrogen) atoms.